The molecule has 1 heteroatoms. The first-order valence-electron chi connectivity index (χ1n) is 2.46. The van der Waals surface area contributed by atoms with E-state index in [1.54, 1.807) is 11.1 Å². The Morgan fingerprint density at radius 3 is 1.29 bits per heavy atom. The van der Waals surface area contributed by atoms with Gasteiger partial charge in [0.2, 0.25) is 0 Å². The second kappa shape index (κ2) is 2.10. The zero-order valence-corrected chi connectivity index (χ0v) is 4.82. The molecule has 0 amide bonds. The number of hydrogen-bond donors (Lipinski definition) is 0. The van der Waals surface area contributed by atoms with E-state index in [2.05, 4.69) is 13.8 Å². The van der Waals surface area contributed by atoms with Crippen molar-refractivity contribution in [2.24, 2.45) is 0 Å². The van der Waals surface area contributed by atoms with Gasteiger partial charge in [0.15, 0.2) is 0 Å². The van der Waals surface area contributed by atoms with E-state index in [4.69, 9.17) is 0 Å². The van der Waals surface area contributed by atoms with Gasteiger partial charge >= 0.3 is 0 Å². The van der Waals surface area contributed by atoms with E-state index in [0.717, 1.165) is 0 Å². The van der Waals surface area contributed by atoms with E-state index in [0.29, 0.717) is 0 Å². The minimum absolute atomic E-state index is 0. The van der Waals surface area contributed by atoms with Crippen molar-refractivity contribution < 1.29 is 4.70 Å². The summed E-state index contributed by atoms with van der Waals surface area (Å²) in [4.78, 5) is 0. The Bertz CT molecular complexity index is 80.4. The minimum atomic E-state index is 0. The highest BCUT2D eigenvalue weighted by Gasteiger charge is 2.05. The molecule has 0 aromatic heterocycles. The number of hydrogen-bond acceptors (Lipinski definition) is 0. The lowest BCUT2D eigenvalue weighted by Crippen LogP contribution is -1.95. The van der Waals surface area contributed by atoms with Crippen LogP contribution in [-0.4, -0.2) is 0 Å². The molecule has 0 saturated heterocycles. The molecule has 42 valence electrons. The fraction of sp³-hybridized carbons (Fsp3) is 0.667. The van der Waals surface area contributed by atoms with Crippen LogP contribution in [0.5, 0.6) is 0 Å². The van der Waals surface area contributed by atoms with Crippen LogP contribution in [0.1, 0.15) is 26.7 Å². The molecule has 0 N–H and O–H groups in total. The molecule has 0 spiro atoms. The summed E-state index contributed by atoms with van der Waals surface area (Å²) in [6.45, 7) is 4.41. The average Bonchev–Trinajstić information content (AvgIpc) is 1.61. The highest BCUT2D eigenvalue weighted by molar-refractivity contribution is 5.19. The van der Waals surface area contributed by atoms with Crippen molar-refractivity contribution in [2.45, 2.75) is 26.7 Å². The van der Waals surface area contributed by atoms with Crippen LogP contribution in [0, 0.1) is 0 Å². The zero-order valence-electron chi connectivity index (χ0n) is 4.82. The van der Waals surface area contributed by atoms with E-state index < -0.39 is 0 Å². The van der Waals surface area contributed by atoms with Gasteiger partial charge in [0.05, 0.1) is 0 Å². The summed E-state index contributed by atoms with van der Waals surface area (Å²) >= 11 is 0. The number of halogens is 1. The molecule has 0 unspecified atom stereocenters. The predicted molar refractivity (Wildman–Crippen MR) is 30.1 cm³/mol. The van der Waals surface area contributed by atoms with Gasteiger partial charge in [-0.2, -0.15) is 0 Å². The van der Waals surface area contributed by atoms with Crippen molar-refractivity contribution in [3.05, 3.63) is 11.1 Å². The molecule has 7 heavy (non-hydrogen) atoms. The van der Waals surface area contributed by atoms with Gasteiger partial charge in [-0.05, 0) is 26.7 Å². The van der Waals surface area contributed by atoms with Crippen molar-refractivity contribution in [3.8, 4) is 0 Å². The number of allylic oxidation sites excluding steroid dienone is 2. The molecule has 0 radical (unpaired) electrons. The van der Waals surface area contributed by atoms with Crippen LogP contribution in [0.3, 0.4) is 0 Å². The molecule has 0 nitrogen and oxygen atoms in total. The number of rotatable bonds is 0. The second-order valence-electron chi connectivity index (χ2n) is 2.06. The van der Waals surface area contributed by atoms with Crippen molar-refractivity contribution in [3.63, 3.8) is 0 Å². The first-order valence-corrected chi connectivity index (χ1v) is 2.46. The lowest BCUT2D eigenvalue weighted by molar-refractivity contribution is 0.800. The Hall–Kier alpha value is -0.330. The van der Waals surface area contributed by atoms with Gasteiger partial charge in [-0.1, -0.05) is 11.1 Å². The lowest BCUT2D eigenvalue weighted by Gasteiger charge is -2.15. The SMILES string of the molecule is CC1=C(C)CC1.F. The topological polar surface area (TPSA) is 0 Å². The van der Waals surface area contributed by atoms with Crippen LogP contribution in [0.4, 0.5) is 4.70 Å². The molecule has 0 heterocycles. The quantitative estimate of drug-likeness (QED) is 0.411. The van der Waals surface area contributed by atoms with Crippen LogP contribution in [0.2, 0.25) is 0 Å². The first-order chi connectivity index (χ1) is 2.80. The van der Waals surface area contributed by atoms with Crippen LogP contribution in [0.15, 0.2) is 11.1 Å². The maximum absolute atomic E-state index is 2.21. The van der Waals surface area contributed by atoms with Crippen LogP contribution in [-0.2, 0) is 0 Å². The largest absolute Gasteiger partial charge is 0.269 e. The Labute approximate surface area is 43.6 Å². The van der Waals surface area contributed by atoms with E-state index >= 15 is 0 Å². The maximum Gasteiger partial charge on any atom is -0.0283 e. The summed E-state index contributed by atoms with van der Waals surface area (Å²) in [6, 6.07) is 0. The average molecular weight is 102 g/mol. The standard InChI is InChI=1S/C6H10.FH/c1-5-3-4-6(5)2;/h3-4H2,1-2H3;1H. The molecule has 0 atom stereocenters. The maximum atomic E-state index is 2.21. The van der Waals surface area contributed by atoms with Gasteiger partial charge < -0.3 is 0 Å². The monoisotopic (exact) mass is 102 g/mol. The molecule has 0 aliphatic heterocycles. The molecule has 0 fully saturated rings. The van der Waals surface area contributed by atoms with Crippen molar-refractivity contribution in [1.82, 2.24) is 0 Å². The molecule has 0 aromatic carbocycles. The smallest absolute Gasteiger partial charge is 0.0283 e. The fourth-order valence-corrected chi connectivity index (χ4v) is 0.625. The highest BCUT2D eigenvalue weighted by atomic mass is 19.0. The van der Waals surface area contributed by atoms with Crippen LogP contribution in [0.25, 0.3) is 0 Å². The van der Waals surface area contributed by atoms with E-state index in [-0.39, 0.29) is 4.70 Å². The third-order valence-electron chi connectivity index (χ3n) is 1.60. The minimum Gasteiger partial charge on any atom is -0.269 e. The Morgan fingerprint density at radius 1 is 1.00 bits per heavy atom. The van der Waals surface area contributed by atoms with Gasteiger partial charge in [-0.25, -0.2) is 0 Å². The summed E-state index contributed by atoms with van der Waals surface area (Å²) in [5, 5.41) is 0. The van der Waals surface area contributed by atoms with Gasteiger partial charge in [0.1, 0.15) is 0 Å². The Morgan fingerprint density at radius 2 is 1.29 bits per heavy atom. The summed E-state index contributed by atoms with van der Waals surface area (Å²) in [5.74, 6) is 0. The molecule has 0 bridgehead atoms. The second-order valence-corrected chi connectivity index (χ2v) is 2.06. The molecular formula is C6H11F. The first kappa shape index (κ1) is 6.67. The third-order valence-corrected chi connectivity index (χ3v) is 1.60. The van der Waals surface area contributed by atoms with E-state index in [1.165, 1.54) is 12.8 Å². The van der Waals surface area contributed by atoms with Crippen LogP contribution >= 0.6 is 0 Å². The van der Waals surface area contributed by atoms with Gasteiger partial charge in [0.25, 0.3) is 0 Å². The van der Waals surface area contributed by atoms with Crippen molar-refractivity contribution >= 4 is 0 Å². The third kappa shape index (κ3) is 1.02. The van der Waals surface area contributed by atoms with Gasteiger partial charge in [0, 0.05) is 0 Å². The Kier molecular flexibility index (Phi) is 2.00. The normalized spacial score (nSPS) is 18.0. The van der Waals surface area contributed by atoms with Crippen molar-refractivity contribution in [2.75, 3.05) is 0 Å². The summed E-state index contributed by atoms with van der Waals surface area (Å²) in [7, 11) is 0. The van der Waals surface area contributed by atoms with Crippen molar-refractivity contribution in [1.29, 1.82) is 0 Å². The summed E-state index contributed by atoms with van der Waals surface area (Å²) < 4.78 is 0. The lowest BCUT2D eigenvalue weighted by atomic mass is 9.92. The molecule has 1 aliphatic carbocycles. The summed E-state index contributed by atoms with van der Waals surface area (Å²) in [5.41, 5.74) is 3.21. The fourth-order valence-electron chi connectivity index (χ4n) is 0.625. The molecule has 1 aliphatic rings. The van der Waals surface area contributed by atoms with Gasteiger partial charge in [-0.15, -0.1) is 0 Å². The van der Waals surface area contributed by atoms with E-state index in [1.807, 2.05) is 0 Å². The molecular weight excluding hydrogens is 91.1 g/mol. The molecule has 1 rings (SSSR count). The van der Waals surface area contributed by atoms with E-state index in [9.17, 15) is 0 Å². The zero-order chi connectivity index (χ0) is 4.57. The summed E-state index contributed by atoms with van der Waals surface area (Å²) in [6.07, 6.45) is 2.71. The van der Waals surface area contributed by atoms with Gasteiger partial charge in [-0.3, -0.25) is 4.70 Å². The van der Waals surface area contributed by atoms with Crippen LogP contribution < -0.4 is 0 Å². The Balaban J connectivity index is 0.000000360. The molecule has 0 aromatic rings. The molecule has 0 saturated carbocycles. The predicted octanol–water partition coefficient (Wildman–Crippen LogP) is 2.27. The highest BCUT2D eigenvalue weighted by Crippen LogP contribution is 2.25.